The first-order valence-electron chi connectivity index (χ1n) is 7.11. The molecular weight excluding hydrogens is 264 g/mol. The number of aliphatic hydroxyl groups is 1. The van der Waals surface area contributed by atoms with Crippen LogP contribution in [0.15, 0.2) is 18.2 Å². The fraction of sp³-hybridized carbons (Fsp3) is 0.600. The minimum atomic E-state index is -0.890. The molecule has 110 valence electrons. The Morgan fingerprint density at radius 1 is 1.20 bits per heavy atom. The second-order valence-electron chi connectivity index (χ2n) is 5.80. The number of ether oxygens (including phenoxy) is 1. The summed E-state index contributed by atoms with van der Waals surface area (Å²) < 4.78 is 31.8. The summed E-state index contributed by atoms with van der Waals surface area (Å²) in [7, 11) is 0. The first-order valence-corrected chi connectivity index (χ1v) is 7.11. The summed E-state index contributed by atoms with van der Waals surface area (Å²) in [6, 6.07) is 3.40. The van der Waals surface area contributed by atoms with Gasteiger partial charge in [0.2, 0.25) is 0 Å². The lowest BCUT2D eigenvalue weighted by atomic mass is 9.70. The molecule has 0 radical (unpaired) electrons. The van der Waals surface area contributed by atoms with Gasteiger partial charge in [0.25, 0.3) is 0 Å². The van der Waals surface area contributed by atoms with E-state index in [0.29, 0.717) is 18.9 Å². The quantitative estimate of drug-likeness (QED) is 0.877. The van der Waals surface area contributed by atoms with Gasteiger partial charge in [0.1, 0.15) is 0 Å². The van der Waals surface area contributed by atoms with Crippen LogP contribution in [0.1, 0.15) is 25.7 Å². The van der Waals surface area contributed by atoms with Gasteiger partial charge in [-0.3, -0.25) is 0 Å². The number of fused-ring (bicyclic) bond motifs is 1. The molecule has 1 aliphatic heterocycles. The van der Waals surface area contributed by atoms with Gasteiger partial charge < -0.3 is 15.2 Å². The summed E-state index contributed by atoms with van der Waals surface area (Å²) in [5.41, 5.74) is -0.349. The molecule has 1 aliphatic carbocycles. The molecule has 1 saturated heterocycles. The standard InChI is InChI=1S/C15H19F2NO2/c16-12-5-4-11(7-13(12)17)18-14-9-20-8-10-3-1-2-6-15(10,14)19/h4-5,7,10,14,18-19H,1-3,6,8-9H2/t10?,14-,15-/m1/s1. The van der Waals surface area contributed by atoms with Crippen LogP contribution in [0.4, 0.5) is 14.5 Å². The van der Waals surface area contributed by atoms with Crippen LogP contribution in [0, 0.1) is 17.6 Å². The number of benzene rings is 1. The number of hydrogen-bond donors (Lipinski definition) is 2. The van der Waals surface area contributed by atoms with Crippen molar-refractivity contribution in [3.63, 3.8) is 0 Å². The predicted octanol–water partition coefficient (Wildman–Crippen LogP) is 2.70. The first kappa shape index (κ1) is 13.8. The summed E-state index contributed by atoms with van der Waals surface area (Å²) >= 11 is 0. The van der Waals surface area contributed by atoms with E-state index in [1.807, 2.05) is 0 Å². The molecule has 1 unspecified atom stereocenters. The fourth-order valence-corrected chi connectivity index (χ4v) is 3.37. The summed E-state index contributed by atoms with van der Waals surface area (Å²) in [6.45, 7) is 0.957. The maximum absolute atomic E-state index is 13.3. The molecule has 0 bridgehead atoms. The van der Waals surface area contributed by atoms with Crippen LogP contribution in [0.2, 0.25) is 0 Å². The first-order chi connectivity index (χ1) is 9.59. The van der Waals surface area contributed by atoms with Crippen molar-refractivity contribution in [1.82, 2.24) is 0 Å². The van der Waals surface area contributed by atoms with E-state index in [0.717, 1.165) is 37.8 Å². The van der Waals surface area contributed by atoms with E-state index in [2.05, 4.69) is 5.32 Å². The molecule has 20 heavy (non-hydrogen) atoms. The van der Waals surface area contributed by atoms with Gasteiger partial charge in [0, 0.05) is 17.7 Å². The molecule has 1 aromatic rings. The third-order valence-corrected chi connectivity index (χ3v) is 4.55. The number of nitrogens with one attached hydrogen (secondary N) is 1. The second kappa shape index (κ2) is 5.30. The van der Waals surface area contributed by atoms with Crippen LogP contribution in [-0.2, 0) is 4.74 Å². The smallest absolute Gasteiger partial charge is 0.160 e. The summed E-state index contributed by atoms with van der Waals surface area (Å²) in [6.07, 6.45) is 3.77. The minimum Gasteiger partial charge on any atom is -0.387 e. The predicted molar refractivity (Wildman–Crippen MR) is 71.5 cm³/mol. The highest BCUT2D eigenvalue weighted by Crippen LogP contribution is 2.40. The van der Waals surface area contributed by atoms with Gasteiger partial charge in [-0.25, -0.2) is 8.78 Å². The SMILES string of the molecule is O[C@]12CCCCC1COC[C@H]2Nc1ccc(F)c(F)c1. The Balaban J connectivity index is 1.79. The number of hydrogen-bond acceptors (Lipinski definition) is 3. The lowest BCUT2D eigenvalue weighted by molar-refractivity contribution is -0.139. The summed E-state index contributed by atoms with van der Waals surface area (Å²) in [5, 5.41) is 14.0. The zero-order valence-corrected chi connectivity index (χ0v) is 11.2. The Labute approximate surface area is 116 Å². The van der Waals surface area contributed by atoms with Gasteiger partial charge in [-0.2, -0.15) is 0 Å². The van der Waals surface area contributed by atoms with E-state index in [4.69, 9.17) is 4.74 Å². The van der Waals surface area contributed by atoms with Gasteiger partial charge in [0.15, 0.2) is 11.6 Å². The van der Waals surface area contributed by atoms with Crippen LogP contribution in [0.25, 0.3) is 0 Å². The Morgan fingerprint density at radius 2 is 2.05 bits per heavy atom. The van der Waals surface area contributed by atoms with E-state index in [-0.39, 0.29) is 12.0 Å². The van der Waals surface area contributed by atoms with Crippen molar-refractivity contribution in [2.45, 2.75) is 37.3 Å². The number of anilines is 1. The Kier molecular flexibility index (Phi) is 3.65. The van der Waals surface area contributed by atoms with E-state index in [9.17, 15) is 13.9 Å². The number of rotatable bonds is 2. The molecule has 1 heterocycles. The van der Waals surface area contributed by atoms with Gasteiger partial charge in [-0.15, -0.1) is 0 Å². The third kappa shape index (κ3) is 2.40. The van der Waals surface area contributed by atoms with E-state index >= 15 is 0 Å². The monoisotopic (exact) mass is 283 g/mol. The maximum Gasteiger partial charge on any atom is 0.160 e. The highest BCUT2D eigenvalue weighted by atomic mass is 19.2. The highest BCUT2D eigenvalue weighted by molar-refractivity contribution is 5.45. The molecule has 0 spiro atoms. The molecule has 2 fully saturated rings. The zero-order chi connectivity index (χ0) is 14.2. The minimum absolute atomic E-state index is 0.118. The molecule has 3 atom stereocenters. The van der Waals surface area contributed by atoms with Crippen molar-refractivity contribution in [1.29, 1.82) is 0 Å². The highest BCUT2D eigenvalue weighted by Gasteiger charge is 2.48. The van der Waals surface area contributed by atoms with Gasteiger partial charge in [-0.05, 0) is 25.0 Å². The Morgan fingerprint density at radius 3 is 2.85 bits per heavy atom. The van der Waals surface area contributed by atoms with Crippen molar-refractivity contribution >= 4 is 5.69 Å². The Bertz CT molecular complexity index is 495. The molecule has 3 rings (SSSR count). The Hall–Kier alpha value is -1.20. The average Bonchev–Trinajstić information content (AvgIpc) is 2.43. The largest absolute Gasteiger partial charge is 0.387 e. The van der Waals surface area contributed by atoms with Gasteiger partial charge in [0.05, 0.1) is 24.9 Å². The van der Waals surface area contributed by atoms with Crippen LogP contribution in [0.3, 0.4) is 0 Å². The molecule has 1 aromatic carbocycles. The molecule has 0 amide bonds. The van der Waals surface area contributed by atoms with Crippen molar-refractivity contribution < 1.29 is 18.6 Å². The van der Waals surface area contributed by atoms with Crippen LogP contribution in [-0.4, -0.2) is 30.0 Å². The van der Waals surface area contributed by atoms with Crippen molar-refractivity contribution in [2.75, 3.05) is 18.5 Å². The molecule has 2 N–H and O–H groups in total. The normalized spacial score (nSPS) is 33.5. The zero-order valence-electron chi connectivity index (χ0n) is 11.2. The molecule has 2 aliphatic rings. The van der Waals surface area contributed by atoms with Crippen LogP contribution in [0.5, 0.6) is 0 Å². The topological polar surface area (TPSA) is 41.5 Å². The lowest BCUT2D eigenvalue weighted by Gasteiger charge is -2.48. The van der Waals surface area contributed by atoms with E-state index in [1.54, 1.807) is 0 Å². The molecule has 1 saturated carbocycles. The van der Waals surface area contributed by atoms with Gasteiger partial charge >= 0.3 is 0 Å². The molecule has 0 aromatic heterocycles. The maximum atomic E-state index is 13.3. The van der Waals surface area contributed by atoms with Crippen molar-refractivity contribution in [2.24, 2.45) is 5.92 Å². The number of halogens is 2. The molecule has 5 heteroatoms. The van der Waals surface area contributed by atoms with Crippen molar-refractivity contribution in [3.8, 4) is 0 Å². The van der Waals surface area contributed by atoms with Gasteiger partial charge in [-0.1, -0.05) is 12.8 Å². The third-order valence-electron chi connectivity index (χ3n) is 4.55. The molecular formula is C15H19F2NO2. The lowest BCUT2D eigenvalue weighted by Crippen LogP contribution is -2.60. The fourth-order valence-electron chi connectivity index (χ4n) is 3.37. The summed E-state index contributed by atoms with van der Waals surface area (Å²) in [5.74, 6) is -1.64. The van der Waals surface area contributed by atoms with Crippen LogP contribution >= 0.6 is 0 Å². The summed E-state index contributed by atoms with van der Waals surface area (Å²) in [4.78, 5) is 0. The molecule has 3 nitrogen and oxygen atoms in total. The van der Waals surface area contributed by atoms with Crippen molar-refractivity contribution in [3.05, 3.63) is 29.8 Å². The van der Waals surface area contributed by atoms with E-state index in [1.165, 1.54) is 6.07 Å². The van der Waals surface area contributed by atoms with Crippen LogP contribution < -0.4 is 5.32 Å². The van der Waals surface area contributed by atoms with E-state index < -0.39 is 17.2 Å². The second-order valence-corrected chi connectivity index (χ2v) is 5.80. The average molecular weight is 283 g/mol.